The van der Waals surface area contributed by atoms with E-state index in [2.05, 4.69) is 30.2 Å². The molecule has 3 N–H and O–H groups in total. The van der Waals surface area contributed by atoms with Gasteiger partial charge in [0.25, 0.3) is 0 Å². The van der Waals surface area contributed by atoms with Crippen LogP contribution in [0.1, 0.15) is 24.7 Å². The second-order valence-corrected chi connectivity index (χ2v) is 6.30. The lowest BCUT2D eigenvalue weighted by Gasteiger charge is -2.29. The van der Waals surface area contributed by atoms with Crippen LogP contribution in [0.15, 0.2) is 22.7 Å². The summed E-state index contributed by atoms with van der Waals surface area (Å²) in [6.45, 7) is 1.88. The third-order valence-corrected chi connectivity index (χ3v) is 4.71. The maximum atomic E-state index is 5.57. The van der Waals surface area contributed by atoms with E-state index in [1.54, 1.807) is 0 Å². The van der Waals surface area contributed by atoms with Gasteiger partial charge in [-0.3, -0.25) is 0 Å². The van der Waals surface area contributed by atoms with Crippen molar-refractivity contribution in [3.63, 3.8) is 0 Å². The Morgan fingerprint density at radius 2 is 1.96 bits per heavy atom. The molecule has 10 heteroatoms. The van der Waals surface area contributed by atoms with Crippen molar-refractivity contribution in [3.8, 4) is 22.9 Å². The summed E-state index contributed by atoms with van der Waals surface area (Å²) in [5, 5.41) is 10.8. The van der Waals surface area contributed by atoms with E-state index in [-0.39, 0.29) is 18.7 Å². The van der Waals surface area contributed by atoms with Gasteiger partial charge >= 0.3 is 0 Å². The lowest BCUT2D eigenvalue weighted by atomic mass is 9.97. The average Bonchev–Trinajstić information content (AvgIpc) is 3.41. The molecule has 0 atom stereocenters. The van der Waals surface area contributed by atoms with Gasteiger partial charge in [0.2, 0.25) is 30.4 Å². The minimum Gasteiger partial charge on any atom is -0.454 e. The smallest absolute Gasteiger partial charge is 0.241 e. The van der Waals surface area contributed by atoms with Crippen LogP contribution in [0, 0.1) is 0 Å². The van der Waals surface area contributed by atoms with E-state index in [1.165, 1.54) is 0 Å². The van der Waals surface area contributed by atoms with Crippen molar-refractivity contribution in [3.05, 3.63) is 24.1 Å². The molecule has 1 aromatic carbocycles. The molecule has 134 valence electrons. The predicted molar refractivity (Wildman–Crippen MR) is 90.8 cm³/mol. The van der Waals surface area contributed by atoms with Crippen LogP contribution < -0.4 is 20.1 Å². The zero-order chi connectivity index (χ0) is 17.5. The van der Waals surface area contributed by atoms with Gasteiger partial charge in [-0.2, -0.15) is 9.97 Å². The number of nitrogen functional groups attached to an aromatic ring is 1. The number of hydrogen-bond donors (Lipinski definition) is 2. The Hall–Kier alpha value is -3.30. The number of rotatable bonds is 3. The van der Waals surface area contributed by atoms with Gasteiger partial charge in [-0.05, 0) is 31.0 Å². The molecule has 2 aliphatic rings. The number of hydrogen-bond acceptors (Lipinski definition) is 9. The highest BCUT2D eigenvalue weighted by Crippen LogP contribution is 2.36. The van der Waals surface area contributed by atoms with E-state index < -0.39 is 0 Å². The Labute approximate surface area is 148 Å². The lowest BCUT2D eigenvalue weighted by Crippen LogP contribution is -2.33. The molecule has 10 nitrogen and oxygen atoms in total. The third-order valence-electron chi connectivity index (χ3n) is 4.71. The summed E-state index contributed by atoms with van der Waals surface area (Å²) < 4.78 is 16.2. The normalized spacial score (nSPS) is 17.0. The van der Waals surface area contributed by atoms with Gasteiger partial charge in [-0.15, -0.1) is 5.10 Å². The van der Waals surface area contributed by atoms with E-state index in [1.807, 2.05) is 18.2 Å². The van der Waals surface area contributed by atoms with Crippen LogP contribution in [0.25, 0.3) is 11.4 Å². The van der Waals surface area contributed by atoms with Gasteiger partial charge < -0.3 is 24.6 Å². The predicted octanol–water partition coefficient (Wildman–Crippen LogP) is 1.55. The maximum absolute atomic E-state index is 5.57. The van der Waals surface area contributed by atoms with Gasteiger partial charge in [0.05, 0.1) is 0 Å². The van der Waals surface area contributed by atoms with Crippen LogP contribution in [0.2, 0.25) is 0 Å². The molecule has 0 radical (unpaired) electrons. The number of nitrogens with two attached hydrogens (primary N) is 1. The first kappa shape index (κ1) is 15.0. The Bertz CT molecular complexity index is 930. The Kier molecular flexibility index (Phi) is 3.40. The quantitative estimate of drug-likeness (QED) is 0.719. The number of anilines is 2. The largest absolute Gasteiger partial charge is 0.454 e. The Morgan fingerprint density at radius 3 is 2.77 bits per heavy atom. The highest BCUT2D eigenvalue weighted by Gasteiger charge is 2.27. The molecule has 5 rings (SSSR count). The monoisotopic (exact) mass is 355 g/mol. The van der Waals surface area contributed by atoms with Gasteiger partial charge in [0, 0.05) is 24.6 Å². The molecular formula is C16H17N7O3. The van der Waals surface area contributed by atoms with Crippen LogP contribution in [0.3, 0.4) is 0 Å². The van der Waals surface area contributed by atoms with Crippen molar-refractivity contribution >= 4 is 11.9 Å². The second-order valence-electron chi connectivity index (χ2n) is 6.30. The molecule has 0 bridgehead atoms. The van der Waals surface area contributed by atoms with Gasteiger partial charge in [-0.1, -0.05) is 5.16 Å². The zero-order valence-corrected chi connectivity index (χ0v) is 13.9. The second kappa shape index (κ2) is 5.90. The van der Waals surface area contributed by atoms with Crippen LogP contribution in [0.4, 0.5) is 11.9 Å². The highest BCUT2D eigenvalue weighted by molar-refractivity contribution is 5.61. The summed E-state index contributed by atoms with van der Waals surface area (Å²) in [6.07, 6.45) is 1.78. The number of nitrogens with one attached hydrogen (secondary N) is 1. The number of H-pyrrole nitrogens is 1. The van der Waals surface area contributed by atoms with Crippen LogP contribution in [-0.2, 0) is 0 Å². The molecule has 0 spiro atoms. The zero-order valence-electron chi connectivity index (χ0n) is 13.9. The topological polar surface area (TPSA) is 128 Å². The van der Waals surface area contributed by atoms with Gasteiger partial charge in [0.15, 0.2) is 11.5 Å². The van der Waals surface area contributed by atoms with Crippen molar-refractivity contribution in [1.82, 2.24) is 25.3 Å². The fourth-order valence-corrected chi connectivity index (χ4v) is 3.30. The first-order valence-electron chi connectivity index (χ1n) is 8.43. The maximum Gasteiger partial charge on any atom is 0.241 e. The summed E-state index contributed by atoms with van der Waals surface area (Å²) in [5.41, 5.74) is 6.41. The van der Waals surface area contributed by atoms with Crippen LogP contribution in [-0.4, -0.2) is 45.2 Å². The van der Waals surface area contributed by atoms with E-state index >= 15 is 0 Å². The van der Waals surface area contributed by atoms with Crippen LogP contribution >= 0.6 is 0 Å². The minimum absolute atomic E-state index is 0.224. The number of fused-ring (bicyclic) bond motifs is 1. The first-order chi connectivity index (χ1) is 12.8. The molecule has 2 aliphatic heterocycles. The summed E-state index contributed by atoms with van der Waals surface area (Å²) >= 11 is 0. The lowest BCUT2D eigenvalue weighted by molar-refractivity contribution is 0.174. The Morgan fingerprint density at radius 1 is 1.12 bits per heavy atom. The van der Waals surface area contributed by atoms with Gasteiger partial charge in [0.1, 0.15) is 0 Å². The molecule has 0 unspecified atom stereocenters. The SMILES string of the molecule is Nc1n[nH]c(N2CCC(c3nc(-c4ccc5c(c4)OCO5)no3)CC2)n1. The molecule has 1 fully saturated rings. The van der Waals surface area contributed by atoms with Gasteiger partial charge in [-0.25, -0.2) is 5.10 Å². The average molecular weight is 355 g/mol. The summed E-state index contributed by atoms with van der Waals surface area (Å²) in [7, 11) is 0. The molecule has 0 amide bonds. The number of aromatic amines is 1. The van der Waals surface area contributed by atoms with E-state index in [4.69, 9.17) is 19.7 Å². The van der Waals surface area contributed by atoms with Crippen molar-refractivity contribution in [1.29, 1.82) is 0 Å². The van der Waals surface area contributed by atoms with Crippen molar-refractivity contribution in [2.24, 2.45) is 0 Å². The fraction of sp³-hybridized carbons (Fsp3) is 0.375. The minimum atomic E-state index is 0.224. The van der Waals surface area contributed by atoms with E-state index in [9.17, 15) is 0 Å². The summed E-state index contributed by atoms with van der Waals surface area (Å²) in [4.78, 5) is 10.9. The van der Waals surface area contributed by atoms with Crippen molar-refractivity contribution in [2.75, 3.05) is 30.5 Å². The molecule has 2 aromatic heterocycles. The Balaban J connectivity index is 1.29. The summed E-state index contributed by atoms with van der Waals surface area (Å²) in [6, 6.07) is 5.63. The number of ether oxygens (including phenoxy) is 2. The number of aromatic nitrogens is 5. The molecule has 0 aliphatic carbocycles. The standard InChI is InChI=1S/C16H17N7O3/c17-15-19-16(21-20-15)23-5-3-9(4-6-23)14-18-13(22-26-14)10-1-2-11-12(7-10)25-8-24-11/h1-2,7,9H,3-6,8H2,(H3,17,19,20,21). The highest BCUT2D eigenvalue weighted by atomic mass is 16.7. The summed E-state index contributed by atoms with van der Waals surface area (Å²) in [5.74, 6) is 3.84. The van der Waals surface area contributed by atoms with E-state index in [0.717, 1.165) is 37.2 Å². The number of benzene rings is 1. The molecule has 3 aromatic rings. The van der Waals surface area contributed by atoms with Crippen LogP contribution in [0.5, 0.6) is 11.5 Å². The van der Waals surface area contributed by atoms with Crippen molar-refractivity contribution in [2.45, 2.75) is 18.8 Å². The van der Waals surface area contributed by atoms with Crippen molar-refractivity contribution < 1.29 is 14.0 Å². The number of nitrogens with zero attached hydrogens (tertiary/aromatic N) is 5. The fourth-order valence-electron chi connectivity index (χ4n) is 3.30. The van der Waals surface area contributed by atoms with E-state index in [0.29, 0.717) is 23.4 Å². The molecule has 4 heterocycles. The third kappa shape index (κ3) is 2.59. The molecule has 0 saturated carbocycles. The molecule has 26 heavy (non-hydrogen) atoms. The number of piperidine rings is 1. The molecule has 1 saturated heterocycles. The molecular weight excluding hydrogens is 338 g/mol. The first-order valence-corrected chi connectivity index (χ1v) is 8.43.